The number of rotatable bonds is 2. The van der Waals surface area contributed by atoms with Crippen LogP contribution in [0.3, 0.4) is 0 Å². The fraction of sp³-hybridized carbons (Fsp3) is 0.286. The Bertz CT molecular complexity index is 1250. The van der Waals surface area contributed by atoms with Gasteiger partial charge >= 0.3 is 5.97 Å². The SMILES string of the molecule is CC(C)(C)[C@@H]1Cn2nc(-c3cc(F)c(F)cc3O)cc2-c2cc(=O)c(C(=O)O)cn21. The second-order valence-corrected chi connectivity index (χ2v) is 8.41. The van der Waals surface area contributed by atoms with E-state index >= 15 is 0 Å². The zero-order chi connectivity index (χ0) is 22.0. The smallest absolute Gasteiger partial charge is 0.341 e. The minimum atomic E-state index is -1.31. The molecule has 30 heavy (non-hydrogen) atoms. The topological polar surface area (TPSA) is 97.3 Å². The molecule has 1 aliphatic heterocycles. The summed E-state index contributed by atoms with van der Waals surface area (Å²) < 4.78 is 30.5. The van der Waals surface area contributed by atoms with Crippen molar-refractivity contribution in [3.05, 3.63) is 57.9 Å². The second kappa shape index (κ2) is 6.51. The van der Waals surface area contributed by atoms with Gasteiger partial charge in [-0.3, -0.25) is 9.48 Å². The predicted molar refractivity (Wildman–Crippen MR) is 104 cm³/mol. The number of phenols is 1. The molecule has 0 bridgehead atoms. The standard InChI is InChI=1S/C21H19F2N3O4/c1-21(2,3)19-9-26-16(15-7-18(28)11(20(29)30)8-25(15)19)6-14(24-26)10-4-12(22)13(23)5-17(10)27/h4-8,19,27H,9H2,1-3H3,(H,29,30)/t19-/m0/s1. The molecular weight excluding hydrogens is 396 g/mol. The van der Waals surface area contributed by atoms with Crippen LogP contribution >= 0.6 is 0 Å². The lowest BCUT2D eigenvalue weighted by molar-refractivity contribution is 0.0693. The number of hydrogen-bond donors (Lipinski definition) is 2. The molecule has 2 N–H and O–H groups in total. The fourth-order valence-electron chi connectivity index (χ4n) is 3.75. The Labute approximate surface area is 169 Å². The highest BCUT2D eigenvalue weighted by Crippen LogP contribution is 2.41. The molecular formula is C21H19F2N3O4. The maximum Gasteiger partial charge on any atom is 0.341 e. The summed E-state index contributed by atoms with van der Waals surface area (Å²) in [6.45, 7) is 6.31. The van der Waals surface area contributed by atoms with E-state index < -0.39 is 28.8 Å². The van der Waals surface area contributed by atoms with Crippen molar-refractivity contribution in [1.82, 2.24) is 14.3 Å². The number of carboxylic acids is 1. The van der Waals surface area contributed by atoms with Crippen molar-refractivity contribution in [2.45, 2.75) is 33.4 Å². The monoisotopic (exact) mass is 415 g/mol. The predicted octanol–water partition coefficient (Wildman–Crippen LogP) is 3.66. The number of pyridine rings is 1. The molecule has 0 saturated carbocycles. The van der Waals surface area contributed by atoms with Crippen LogP contribution in [0, 0.1) is 17.0 Å². The highest BCUT2D eigenvalue weighted by Gasteiger charge is 2.34. The minimum absolute atomic E-state index is 0.0131. The average molecular weight is 415 g/mol. The Morgan fingerprint density at radius 1 is 1.13 bits per heavy atom. The normalized spacial score (nSPS) is 15.6. The molecule has 0 aliphatic carbocycles. The van der Waals surface area contributed by atoms with Gasteiger partial charge in [-0.25, -0.2) is 13.6 Å². The second-order valence-electron chi connectivity index (χ2n) is 8.41. The molecule has 0 unspecified atom stereocenters. The molecule has 156 valence electrons. The van der Waals surface area contributed by atoms with Gasteiger partial charge in [0.1, 0.15) is 11.3 Å². The van der Waals surface area contributed by atoms with Gasteiger partial charge in [-0.1, -0.05) is 20.8 Å². The van der Waals surface area contributed by atoms with Crippen molar-refractivity contribution in [1.29, 1.82) is 0 Å². The molecule has 7 nitrogen and oxygen atoms in total. The first-order valence-electron chi connectivity index (χ1n) is 9.23. The number of halogens is 2. The Balaban J connectivity index is 1.95. The van der Waals surface area contributed by atoms with Crippen LogP contribution in [0.2, 0.25) is 0 Å². The Kier molecular flexibility index (Phi) is 4.30. The summed E-state index contributed by atoms with van der Waals surface area (Å²) in [4.78, 5) is 23.8. The number of aromatic carboxylic acids is 1. The number of aromatic hydroxyl groups is 1. The molecule has 1 atom stereocenters. The molecule has 0 amide bonds. The summed E-state index contributed by atoms with van der Waals surface area (Å²) in [5.41, 5.74) is -0.113. The average Bonchev–Trinajstić information content (AvgIpc) is 3.06. The van der Waals surface area contributed by atoms with Crippen LogP contribution in [0.25, 0.3) is 22.6 Å². The number of fused-ring (bicyclic) bond motifs is 3. The maximum atomic E-state index is 13.7. The van der Waals surface area contributed by atoms with Gasteiger partial charge in [-0.05, 0) is 17.5 Å². The van der Waals surface area contributed by atoms with Crippen molar-refractivity contribution >= 4 is 5.97 Å². The number of phenolic OH excluding ortho intramolecular Hbond substituents is 1. The number of nitrogens with zero attached hydrogens (tertiary/aromatic N) is 3. The fourth-order valence-corrected chi connectivity index (χ4v) is 3.75. The Morgan fingerprint density at radius 2 is 1.80 bits per heavy atom. The Hall–Kier alpha value is -3.49. The van der Waals surface area contributed by atoms with Gasteiger partial charge in [0, 0.05) is 23.9 Å². The molecule has 4 rings (SSSR count). The lowest BCUT2D eigenvalue weighted by Gasteiger charge is -2.38. The highest BCUT2D eigenvalue weighted by atomic mass is 19.2. The number of hydrogen-bond acceptors (Lipinski definition) is 4. The zero-order valence-electron chi connectivity index (χ0n) is 16.5. The molecule has 9 heteroatoms. The molecule has 0 fully saturated rings. The highest BCUT2D eigenvalue weighted by molar-refractivity contribution is 5.87. The molecule has 0 spiro atoms. The summed E-state index contributed by atoms with van der Waals surface area (Å²) in [5, 5.41) is 23.9. The zero-order valence-corrected chi connectivity index (χ0v) is 16.5. The number of aromatic nitrogens is 3. The third-order valence-corrected chi connectivity index (χ3v) is 5.35. The van der Waals surface area contributed by atoms with E-state index in [1.54, 1.807) is 15.3 Å². The van der Waals surface area contributed by atoms with Gasteiger partial charge in [0.2, 0.25) is 0 Å². The van der Waals surface area contributed by atoms with Gasteiger partial charge in [0.25, 0.3) is 0 Å². The molecule has 2 aromatic heterocycles. The summed E-state index contributed by atoms with van der Waals surface area (Å²) in [6.07, 6.45) is 1.33. The van der Waals surface area contributed by atoms with Crippen molar-refractivity contribution in [3.8, 4) is 28.4 Å². The van der Waals surface area contributed by atoms with Crippen LogP contribution < -0.4 is 5.43 Å². The first-order chi connectivity index (χ1) is 14.0. The van der Waals surface area contributed by atoms with Gasteiger partial charge in [-0.15, -0.1) is 0 Å². The van der Waals surface area contributed by atoms with Crippen LogP contribution in [0.5, 0.6) is 5.75 Å². The van der Waals surface area contributed by atoms with Gasteiger partial charge in [-0.2, -0.15) is 5.10 Å². The quantitative estimate of drug-likeness (QED) is 0.666. The van der Waals surface area contributed by atoms with Gasteiger partial charge in [0.15, 0.2) is 17.1 Å². The van der Waals surface area contributed by atoms with E-state index in [0.717, 1.165) is 6.07 Å². The molecule has 1 aromatic carbocycles. The Morgan fingerprint density at radius 3 is 2.43 bits per heavy atom. The third kappa shape index (κ3) is 3.06. The number of carbonyl (C=O) groups is 1. The van der Waals surface area contributed by atoms with Crippen molar-refractivity contribution in [3.63, 3.8) is 0 Å². The van der Waals surface area contributed by atoms with Crippen molar-refractivity contribution in [2.75, 3.05) is 0 Å². The minimum Gasteiger partial charge on any atom is -0.507 e. The van der Waals surface area contributed by atoms with E-state index in [-0.39, 0.29) is 28.3 Å². The first kappa shape index (κ1) is 19.8. The lowest BCUT2D eigenvalue weighted by atomic mass is 9.85. The van der Waals surface area contributed by atoms with E-state index in [9.17, 15) is 28.6 Å². The van der Waals surface area contributed by atoms with E-state index in [4.69, 9.17) is 0 Å². The molecule has 3 heterocycles. The lowest BCUT2D eigenvalue weighted by Crippen LogP contribution is -2.35. The van der Waals surface area contributed by atoms with Crippen LogP contribution in [0.1, 0.15) is 37.2 Å². The van der Waals surface area contributed by atoms with Crippen LogP contribution in [-0.4, -0.2) is 30.5 Å². The summed E-state index contributed by atoms with van der Waals surface area (Å²) in [6, 6.07) is 4.10. The largest absolute Gasteiger partial charge is 0.507 e. The van der Waals surface area contributed by atoms with E-state index in [0.29, 0.717) is 24.0 Å². The number of carboxylic acid groups (broad SMARTS) is 1. The van der Waals surface area contributed by atoms with Gasteiger partial charge < -0.3 is 14.8 Å². The third-order valence-electron chi connectivity index (χ3n) is 5.35. The van der Waals surface area contributed by atoms with E-state index in [2.05, 4.69) is 5.10 Å². The van der Waals surface area contributed by atoms with Crippen LogP contribution in [0.4, 0.5) is 8.78 Å². The molecule has 0 saturated heterocycles. The van der Waals surface area contributed by atoms with E-state index in [1.807, 2.05) is 20.8 Å². The molecule has 1 aliphatic rings. The summed E-state index contributed by atoms with van der Waals surface area (Å²) in [7, 11) is 0. The van der Waals surface area contributed by atoms with Crippen molar-refractivity contribution in [2.24, 2.45) is 5.41 Å². The van der Waals surface area contributed by atoms with E-state index in [1.165, 1.54) is 12.3 Å². The maximum absolute atomic E-state index is 13.7. The molecule has 3 aromatic rings. The van der Waals surface area contributed by atoms with Crippen molar-refractivity contribution < 1.29 is 23.8 Å². The summed E-state index contributed by atoms with van der Waals surface area (Å²) in [5.74, 6) is -4.07. The number of benzene rings is 1. The molecule has 0 radical (unpaired) electrons. The first-order valence-corrected chi connectivity index (χ1v) is 9.23. The van der Waals surface area contributed by atoms with Crippen LogP contribution in [-0.2, 0) is 6.54 Å². The summed E-state index contributed by atoms with van der Waals surface area (Å²) >= 11 is 0. The van der Waals surface area contributed by atoms with Crippen LogP contribution in [0.15, 0.2) is 35.3 Å². The van der Waals surface area contributed by atoms with Gasteiger partial charge in [0.05, 0.1) is 29.7 Å².